The molecule has 0 radical (unpaired) electrons. The summed E-state index contributed by atoms with van der Waals surface area (Å²) in [6.07, 6.45) is 0. The Morgan fingerprint density at radius 3 is 2.68 bits per heavy atom. The van der Waals surface area contributed by atoms with Crippen LogP contribution in [0.1, 0.15) is 5.56 Å². The van der Waals surface area contributed by atoms with E-state index in [0.29, 0.717) is 0 Å². The molecule has 0 bridgehead atoms. The summed E-state index contributed by atoms with van der Waals surface area (Å²) in [5, 5.41) is 3.12. The van der Waals surface area contributed by atoms with Gasteiger partial charge >= 0.3 is 0 Å². The van der Waals surface area contributed by atoms with E-state index in [1.54, 1.807) is 12.1 Å². The third kappa shape index (κ3) is 2.35. The number of aromatic amines is 1. The Hall–Kier alpha value is -2.20. The third-order valence-electron chi connectivity index (χ3n) is 3.04. The van der Waals surface area contributed by atoms with Gasteiger partial charge in [0.25, 0.3) is 0 Å². The van der Waals surface area contributed by atoms with Gasteiger partial charge in [0.05, 0.1) is 11.0 Å². The van der Waals surface area contributed by atoms with Crippen molar-refractivity contribution in [3.63, 3.8) is 0 Å². The topological polar surface area (TPSA) is 40.7 Å². The monoisotopic (exact) mass is 255 g/mol. The molecule has 0 aliphatic carbocycles. The molecular weight excluding hydrogens is 241 g/mol. The molecule has 0 atom stereocenters. The molecule has 0 saturated heterocycles. The molecule has 2 aromatic carbocycles. The lowest BCUT2D eigenvalue weighted by atomic mass is 10.2. The molecule has 96 valence electrons. The van der Waals surface area contributed by atoms with E-state index >= 15 is 0 Å². The maximum absolute atomic E-state index is 12.9. The predicted octanol–water partition coefficient (Wildman–Crippen LogP) is 3.09. The van der Waals surface area contributed by atoms with Crippen LogP contribution in [0.4, 0.5) is 4.39 Å². The first-order valence-electron chi connectivity index (χ1n) is 6.15. The summed E-state index contributed by atoms with van der Waals surface area (Å²) < 4.78 is 12.9. The van der Waals surface area contributed by atoms with Crippen LogP contribution in [0, 0.1) is 5.82 Å². The van der Waals surface area contributed by atoms with Crippen molar-refractivity contribution in [2.45, 2.75) is 6.54 Å². The van der Waals surface area contributed by atoms with Gasteiger partial charge < -0.3 is 10.3 Å². The summed E-state index contributed by atoms with van der Waals surface area (Å²) in [5.41, 5.74) is 3.99. The molecule has 3 aromatic rings. The van der Waals surface area contributed by atoms with Crippen LogP contribution in [-0.2, 0) is 6.54 Å². The number of imidazole rings is 1. The predicted molar refractivity (Wildman–Crippen MR) is 74.3 cm³/mol. The van der Waals surface area contributed by atoms with E-state index in [1.807, 2.05) is 19.2 Å². The van der Waals surface area contributed by atoms with E-state index in [-0.39, 0.29) is 5.82 Å². The zero-order valence-electron chi connectivity index (χ0n) is 10.6. The molecule has 1 aromatic heterocycles. The van der Waals surface area contributed by atoms with E-state index in [1.165, 1.54) is 17.7 Å². The van der Waals surface area contributed by atoms with Crippen molar-refractivity contribution in [3.05, 3.63) is 53.8 Å². The van der Waals surface area contributed by atoms with Crippen molar-refractivity contribution in [1.82, 2.24) is 15.3 Å². The highest BCUT2D eigenvalue weighted by Gasteiger charge is 2.06. The van der Waals surface area contributed by atoms with Gasteiger partial charge in [0.2, 0.25) is 0 Å². The summed E-state index contributed by atoms with van der Waals surface area (Å²) in [5.74, 6) is 0.521. The molecule has 2 N–H and O–H groups in total. The zero-order valence-corrected chi connectivity index (χ0v) is 10.6. The molecule has 0 spiro atoms. The second-order valence-corrected chi connectivity index (χ2v) is 4.47. The minimum atomic E-state index is -0.240. The first-order chi connectivity index (χ1) is 9.26. The highest BCUT2D eigenvalue weighted by atomic mass is 19.1. The molecular formula is C15H14FN3. The van der Waals surface area contributed by atoms with Crippen LogP contribution in [0.5, 0.6) is 0 Å². The number of nitrogens with zero attached hydrogens (tertiary/aromatic N) is 1. The Morgan fingerprint density at radius 1 is 1.16 bits per heavy atom. The van der Waals surface area contributed by atoms with Crippen molar-refractivity contribution in [2.75, 3.05) is 7.05 Å². The average Bonchev–Trinajstić information content (AvgIpc) is 2.83. The summed E-state index contributed by atoms with van der Waals surface area (Å²) >= 11 is 0. The fraction of sp³-hybridized carbons (Fsp3) is 0.133. The van der Waals surface area contributed by atoms with Gasteiger partial charge in [0, 0.05) is 12.1 Å². The molecule has 19 heavy (non-hydrogen) atoms. The summed E-state index contributed by atoms with van der Waals surface area (Å²) in [7, 11) is 1.92. The smallest absolute Gasteiger partial charge is 0.138 e. The second-order valence-electron chi connectivity index (χ2n) is 4.47. The lowest BCUT2D eigenvalue weighted by molar-refractivity contribution is 0.628. The number of hydrogen-bond acceptors (Lipinski definition) is 2. The van der Waals surface area contributed by atoms with E-state index < -0.39 is 0 Å². The molecule has 0 saturated carbocycles. The van der Waals surface area contributed by atoms with Crippen molar-refractivity contribution in [1.29, 1.82) is 0 Å². The number of fused-ring (bicyclic) bond motifs is 1. The number of aromatic nitrogens is 2. The maximum Gasteiger partial charge on any atom is 0.138 e. The minimum absolute atomic E-state index is 0.240. The SMILES string of the molecule is CNCc1ccc2nc(-c3ccc(F)cc3)[nH]c2c1. The van der Waals surface area contributed by atoms with Gasteiger partial charge in [-0.05, 0) is 49.0 Å². The quantitative estimate of drug-likeness (QED) is 0.755. The third-order valence-corrected chi connectivity index (χ3v) is 3.04. The van der Waals surface area contributed by atoms with Crippen LogP contribution < -0.4 is 5.32 Å². The highest BCUT2D eigenvalue weighted by molar-refractivity contribution is 5.80. The maximum atomic E-state index is 12.9. The highest BCUT2D eigenvalue weighted by Crippen LogP contribution is 2.21. The lowest BCUT2D eigenvalue weighted by Crippen LogP contribution is -2.04. The largest absolute Gasteiger partial charge is 0.338 e. The van der Waals surface area contributed by atoms with Crippen molar-refractivity contribution in [2.24, 2.45) is 0 Å². The van der Waals surface area contributed by atoms with Gasteiger partial charge in [0.1, 0.15) is 11.6 Å². The number of benzene rings is 2. The van der Waals surface area contributed by atoms with Crippen LogP contribution in [0.2, 0.25) is 0 Å². The molecule has 0 aliphatic rings. The Kier molecular flexibility index (Phi) is 3.01. The zero-order chi connectivity index (χ0) is 13.2. The standard InChI is InChI=1S/C15H14FN3/c1-17-9-10-2-7-13-14(8-10)19-15(18-13)11-3-5-12(16)6-4-11/h2-8,17H,9H2,1H3,(H,18,19). The first-order valence-corrected chi connectivity index (χ1v) is 6.15. The minimum Gasteiger partial charge on any atom is -0.338 e. The number of halogens is 1. The fourth-order valence-corrected chi connectivity index (χ4v) is 2.12. The number of H-pyrrole nitrogens is 1. The molecule has 0 aliphatic heterocycles. The summed E-state index contributed by atoms with van der Waals surface area (Å²) in [6, 6.07) is 12.4. The van der Waals surface area contributed by atoms with Crippen molar-refractivity contribution in [3.8, 4) is 11.4 Å². The van der Waals surface area contributed by atoms with Gasteiger partial charge in [0.15, 0.2) is 0 Å². The van der Waals surface area contributed by atoms with Gasteiger partial charge in [-0.25, -0.2) is 9.37 Å². The second kappa shape index (κ2) is 4.82. The fourth-order valence-electron chi connectivity index (χ4n) is 2.12. The Bertz CT molecular complexity index is 701. The molecule has 4 heteroatoms. The van der Waals surface area contributed by atoms with Crippen LogP contribution >= 0.6 is 0 Å². The lowest BCUT2D eigenvalue weighted by Gasteiger charge is -1.98. The number of hydrogen-bond donors (Lipinski definition) is 2. The average molecular weight is 255 g/mol. The van der Waals surface area contributed by atoms with E-state index in [9.17, 15) is 4.39 Å². The van der Waals surface area contributed by atoms with Gasteiger partial charge in [-0.2, -0.15) is 0 Å². The van der Waals surface area contributed by atoms with E-state index in [4.69, 9.17) is 0 Å². The summed E-state index contributed by atoms with van der Waals surface area (Å²) in [6.45, 7) is 0.820. The molecule has 3 nitrogen and oxygen atoms in total. The molecule has 0 unspecified atom stereocenters. The Morgan fingerprint density at radius 2 is 1.95 bits per heavy atom. The van der Waals surface area contributed by atoms with Crippen molar-refractivity contribution >= 4 is 11.0 Å². The molecule has 0 amide bonds. The van der Waals surface area contributed by atoms with Crippen LogP contribution in [0.3, 0.4) is 0 Å². The Balaban J connectivity index is 2.03. The Labute approximate surface area is 110 Å². The van der Waals surface area contributed by atoms with E-state index in [2.05, 4.69) is 21.4 Å². The van der Waals surface area contributed by atoms with Crippen LogP contribution in [0.15, 0.2) is 42.5 Å². The van der Waals surface area contributed by atoms with Gasteiger partial charge in [-0.15, -0.1) is 0 Å². The molecule has 3 rings (SSSR count). The summed E-state index contributed by atoms with van der Waals surface area (Å²) in [4.78, 5) is 7.78. The number of nitrogens with one attached hydrogen (secondary N) is 2. The van der Waals surface area contributed by atoms with Crippen molar-refractivity contribution < 1.29 is 4.39 Å². The van der Waals surface area contributed by atoms with Gasteiger partial charge in [-0.1, -0.05) is 6.07 Å². The van der Waals surface area contributed by atoms with Crippen LogP contribution in [-0.4, -0.2) is 17.0 Å². The normalized spacial score (nSPS) is 11.1. The first kappa shape index (κ1) is 11.9. The van der Waals surface area contributed by atoms with Gasteiger partial charge in [-0.3, -0.25) is 0 Å². The van der Waals surface area contributed by atoms with E-state index in [0.717, 1.165) is 29.0 Å². The van der Waals surface area contributed by atoms with Crippen LogP contribution in [0.25, 0.3) is 22.4 Å². The molecule has 1 heterocycles. The molecule has 0 fully saturated rings. The number of rotatable bonds is 3.